The Morgan fingerprint density at radius 1 is 1.17 bits per heavy atom. The van der Waals surface area contributed by atoms with Gasteiger partial charge in [0.25, 0.3) is 0 Å². The monoisotopic (exact) mass is 313 g/mol. The quantitative estimate of drug-likeness (QED) is 0.861. The van der Waals surface area contributed by atoms with Crippen LogP contribution in [0.5, 0.6) is 0 Å². The van der Waals surface area contributed by atoms with E-state index in [0.717, 1.165) is 44.1 Å². The predicted molar refractivity (Wildman–Crippen MR) is 93.8 cm³/mol. The molecule has 1 aliphatic heterocycles. The van der Waals surface area contributed by atoms with Gasteiger partial charge in [-0.3, -0.25) is 4.68 Å². The van der Waals surface area contributed by atoms with Crippen LogP contribution in [-0.2, 0) is 13.0 Å². The Morgan fingerprint density at radius 3 is 2.57 bits per heavy atom. The molecule has 124 valence electrons. The Bertz CT molecular complexity index is 611. The van der Waals surface area contributed by atoms with Gasteiger partial charge >= 0.3 is 0 Å². The smallest absolute Gasteiger partial charge is 0.147 e. The Hall–Kier alpha value is -1.88. The molecule has 23 heavy (non-hydrogen) atoms. The zero-order valence-electron chi connectivity index (χ0n) is 14.2. The maximum Gasteiger partial charge on any atom is 0.147 e. The minimum atomic E-state index is 0.612. The zero-order chi connectivity index (χ0) is 16.1. The van der Waals surface area contributed by atoms with Crippen LogP contribution < -0.4 is 10.6 Å². The lowest BCUT2D eigenvalue weighted by atomic mass is 10.1. The summed E-state index contributed by atoms with van der Waals surface area (Å²) in [6.45, 7) is 7.13. The number of hydrogen-bond donors (Lipinski definition) is 2. The van der Waals surface area contributed by atoms with Crippen LogP contribution in [0.15, 0.2) is 24.3 Å². The summed E-state index contributed by atoms with van der Waals surface area (Å²) >= 11 is 0. The number of rotatable bonds is 6. The molecule has 0 saturated carbocycles. The fraction of sp³-hybridized carbons (Fsp3) is 0.556. The molecule has 1 fully saturated rings. The summed E-state index contributed by atoms with van der Waals surface area (Å²) < 4.78 is 2.00. The first-order valence-corrected chi connectivity index (χ1v) is 8.65. The van der Waals surface area contributed by atoms with Gasteiger partial charge in [0.05, 0.1) is 0 Å². The van der Waals surface area contributed by atoms with E-state index < -0.39 is 0 Å². The third-order valence-corrected chi connectivity index (χ3v) is 4.46. The van der Waals surface area contributed by atoms with Gasteiger partial charge in [-0.2, -0.15) is 5.10 Å². The average Bonchev–Trinajstić information content (AvgIpc) is 2.88. The van der Waals surface area contributed by atoms with Gasteiger partial charge in [0.1, 0.15) is 11.6 Å². The van der Waals surface area contributed by atoms with Crippen molar-refractivity contribution in [3.63, 3.8) is 0 Å². The number of aryl methyl sites for hydroxylation is 4. The summed E-state index contributed by atoms with van der Waals surface area (Å²) in [5.74, 6) is 1.86. The SMILES string of the molecule is Cc1nc(C)n(CCCc2ccc(NC3CCNCC3)cc2)n1. The number of piperidine rings is 1. The van der Waals surface area contributed by atoms with Crippen molar-refractivity contribution in [2.24, 2.45) is 0 Å². The highest BCUT2D eigenvalue weighted by atomic mass is 15.3. The van der Waals surface area contributed by atoms with Crippen molar-refractivity contribution < 1.29 is 0 Å². The van der Waals surface area contributed by atoms with Crippen LogP contribution in [-0.4, -0.2) is 33.9 Å². The van der Waals surface area contributed by atoms with Crippen molar-refractivity contribution in [1.29, 1.82) is 0 Å². The minimum absolute atomic E-state index is 0.612. The molecular formula is C18H27N5. The molecule has 0 radical (unpaired) electrons. The van der Waals surface area contributed by atoms with E-state index in [-0.39, 0.29) is 0 Å². The second kappa shape index (κ2) is 7.59. The number of nitrogens with zero attached hydrogens (tertiary/aromatic N) is 3. The second-order valence-corrected chi connectivity index (χ2v) is 6.40. The lowest BCUT2D eigenvalue weighted by Gasteiger charge is -2.24. The molecule has 0 atom stereocenters. The van der Waals surface area contributed by atoms with Crippen LogP contribution in [0.3, 0.4) is 0 Å². The van der Waals surface area contributed by atoms with E-state index in [0.29, 0.717) is 6.04 Å². The van der Waals surface area contributed by atoms with E-state index in [1.807, 2.05) is 18.5 Å². The van der Waals surface area contributed by atoms with Crippen LogP contribution in [0.4, 0.5) is 5.69 Å². The fourth-order valence-electron chi connectivity index (χ4n) is 3.18. The highest BCUT2D eigenvalue weighted by Gasteiger charge is 2.12. The van der Waals surface area contributed by atoms with Gasteiger partial charge in [-0.05, 0) is 70.3 Å². The average molecular weight is 313 g/mol. The molecule has 0 spiro atoms. The summed E-state index contributed by atoms with van der Waals surface area (Å²) in [5, 5.41) is 11.4. The maximum absolute atomic E-state index is 4.41. The highest BCUT2D eigenvalue weighted by molar-refractivity contribution is 5.45. The molecule has 1 aromatic heterocycles. The molecule has 0 aliphatic carbocycles. The van der Waals surface area contributed by atoms with E-state index in [9.17, 15) is 0 Å². The molecular weight excluding hydrogens is 286 g/mol. The summed E-state index contributed by atoms with van der Waals surface area (Å²) in [6.07, 6.45) is 4.58. The topological polar surface area (TPSA) is 54.8 Å². The molecule has 1 aromatic carbocycles. The summed E-state index contributed by atoms with van der Waals surface area (Å²) in [5.41, 5.74) is 2.62. The minimum Gasteiger partial charge on any atom is -0.382 e. The predicted octanol–water partition coefficient (Wildman–Crippen LogP) is 2.69. The van der Waals surface area contributed by atoms with E-state index in [1.165, 1.54) is 24.1 Å². The molecule has 1 saturated heterocycles. The van der Waals surface area contributed by atoms with Crippen LogP contribution in [0.25, 0.3) is 0 Å². The number of anilines is 1. The number of nitrogens with one attached hydrogen (secondary N) is 2. The zero-order valence-corrected chi connectivity index (χ0v) is 14.2. The Balaban J connectivity index is 1.46. The normalized spacial score (nSPS) is 15.7. The molecule has 2 N–H and O–H groups in total. The summed E-state index contributed by atoms with van der Waals surface area (Å²) in [7, 11) is 0. The van der Waals surface area contributed by atoms with Gasteiger partial charge < -0.3 is 10.6 Å². The van der Waals surface area contributed by atoms with Gasteiger partial charge in [-0.25, -0.2) is 4.98 Å². The van der Waals surface area contributed by atoms with Crippen molar-refractivity contribution in [2.75, 3.05) is 18.4 Å². The number of aromatic nitrogens is 3. The summed E-state index contributed by atoms with van der Waals surface area (Å²) in [6, 6.07) is 9.51. The van der Waals surface area contributed by atoms with Crippen molar-refractivity contribution in [1.82, 2.24) is 20.1 Å². The van der Waals surface area contributed by atoms with E-state index >= 15 is 0 Å². The molecule has 0 unspecified atom stereocenters. The molecule has 0 amide bonds. The van der Waals surface area contributed by atoms with Crippen LogP contribution in [0.2, 0.25) is 0 Å². The summed E-state index contributed by atoms with van der Waals surface area (Å²) in [4.78, 5) is 4.34. The largest absolute Gasteiger partial charge is 0.382 e. The van der Waals surface area contributed by atoms with Crippen molar-refractivity contribution in [3.05, 3.63) is 41.5 Å². The second-order valence-electron chi connectivity index (χ2n) is 6.40. The molecule has 5 nitrogen and oxygen atoms in total. The highest BCUT2D eigenvalue weighted by Crippen LogP contribution is 2.15. The van der Waals surface area contributed by atoms with Gasteiger partial charge in [-0.15, -0.1) is 0 Å². The molecule has 3 rings (SSSR count). The third kappa shape index (κ3) is 4.55. The first kappa shape index (κ1) is 16.0. The number of benzene rings is 1. The van der Waals surface area contributed by atoms with Crippen LogP contribution >= 0.6 is 0 Å². The lowest BCUT2D eigenvalue weighted by molar-refractivity contribution is 0.479. The van der Waals surface area contributed by atoms with Crippen LogP contribution in [0.1, 0.15) is 36.5 Å². The maximum atomic E-state index is 4.41. The van der Waals surface area contributed by atoms with Gasteiger partial charge in [0.2, 0.25) is 0 Å². The first-order valence-electron chi connectivity index (χ1n) is 8.65. The van der Waals surface area contributed by atoms with Crippen LogP contribution in [0, 0.1) is 13.8 Å². The van der Waals surface area contributed by atoms with E-state index in [1.54, 1.807) is 0 Å². The Morgan fingerprint density at radius 2 is 1.91 bits per heavy atom. The van der Waals surface area contributed by atoms with Crippen molar-refractivity contribution in [3.8, 4) is 0 Å². The van der Waals surface area contributed by atoms with Gasteiger partial charge in [0.15, 0.2) is 0 Å². The lowest BCUT2D eigenvalue weighted by Crippen LogP contribution is -2.35. The fourth-order valence-corrected chi connectivity index (χ4v) is 3.18. The number of hydrogen-bond acceptors (Lipinski definition) is 4. The standard InChI is InChI=1S/C18H27N5/c1-14-20-15(2)23(22-14)13-3-4-16-5-7-17(8-6-16)21-18-9-11-19-12-10-18/h5-8,18-19,21H,3-4,9-13H2,1-2H3. The van der Waals surface area contributed by atoms with E-state index in [4.69, 9.17) is 0 Å². The van der Waals surface area contributed by atoms with Crippen molar-refractivity contribution in [2.45, 2.75) is 52.1 Å². The van der Waals surface area contributed by atoms with Gasteiger partial charge in [-0.1, -0.05) is 12.1 Å². The molecule has 1 aliphatic rings. The van der Waals surface area contributed by atoms with Crippen molar-refractivity contribution >= 4 is 5.69 Å². The first-order chi connectivity index (χ1) is 11.2. The Labute approximate surface area is 138 Å². The Kier molecular flexibility index (Phi) is 5.28. The molecule has 5 heteroatoms. The third-order valence-electron chi connectivity index (χ3n) is 4.46. The van der Waals surface area contributed by atoms with Gasteiger partial charge in [0, 0.05) is 18.3 Å². The molecule has 2 aromatic rings. The molecule has 0 bridgehead atoms. The van der Waals surface area contributed by atoms with E-state index in [2.05, 4.69) is 45.0 Å². The molecule has 2 heterocycles.